The zero-order chi connectivity index (χ0) is 12.4. The summed E-state index contributed by atoms with van der Waals surface area (Å²) in [6.45, 7) is 5.03. The van der Waals surface area contributed by atoms with E-state index >= 15 is 0 Å². The number of hydrogen-bond donors (Lipinski definition) is 2. The Bertz CT molecular complexity index is 425. The molecule has 1 aliphatic rings. The van der Waals surface area contributed by atoms with Gasteiger partial charge in [0.2, 0.25) is 0 Å². The summed E-state index contributed by atoms with van der Waals surface area (Å²) in [6.07, 6.45) is 4.19. The van der Waals surface area contributed by atoms with E-state index in [-0.39, 0.29) is 5.91 Å². The summed E-state index contributed by atoms with van der Waals surface area (Å²) in [5, 5.41) is 3.62. The van der Waals surface area contributed by atoms with Crippen LogP contribution in [0.25, 0.3) is 0 Å². The number of carbonyl (C=O) groups is 1. The van der Waals surface area contributed by atoms with Crippen LogP contribution in [0.2, 0.25) is 0 Å². The van der Waals surface area contributed by atoms with E-state index in [1.165, 1.54) is 10.4 Å². The number of nitrogen functional groups attached to an aromatic ring is 1. The van der Waals surface area contributed by atoms with Crippen molar-refractivity contribution in [2.75, 3.05) is 12.3 Å². The molecule has 0 saturated carbocycles. The highest BCUT2D eigenvalue weighted by atomic mass is 32.1. The molecule has 0 radical (unpaired) electrons. The number of fused-ring (bicyclic) bond motifs is 1. The van der Waals surface area contributed by atoms with E-state index in [1.807, 2.05) is 0 Å². The second-order valence-corrected chi connectivity index (χ2v) is 5.98. The Hall–Kier alpha value is -1.03. The fourth-order valence-corrected chi connectivity index (χ4v) is 3.63. The van der Waals surface area contributed by atoms with Gasteiger partial charge in [-0.1, -0.05) is 13.8 Å². The van der Waals surface area contributed by atoms with Crippen LogP contribution in [0.1, 0.15) is 47.5 Å². The van der Waals surface area contributed by atoms with Crippen LogP contribution in [-0.4, -0.2) is 12.5 Å². The van der Waals surface area contributed by atoms with Crippen molar-refractivity contribution in [3.63, 3.8) is 0 Å². The molecule has 2 rings (SSSR count). The van der Waals surface area contributed by atoms with Crippen LogP contribution in [-0.2, 0) is 12.8 Å². The molecule has 1 aromatic heterocycles. The molecule has 17 heavy (non-hydrogen) atoms. The standard InChI is InChI=1S/C13H20N2OS/c1-3-6-15-13(16)11-9-5-4-8(2)7-10(9)17-12(11)14/h8H,3-7,14H2,1-2H3,(H,15,16). The maximum Gasteiger partial charge on any atom is 0.254 e. The monoisotopic (exact) mass is 252 g/mol. The number of hydrogen-bond acceptors (Lipinski definition) is 3. The molecule has 3 nitrogen and oxygen atoms in total. The topological polar surface area (TPSA) is 55.1 Å². The van der Waals surface area contributed by atoms with Gasteiger partial charge in [0.25, 0.3) is 5.91 Å². The zero-order valence-electron chi connectivity index (χ0n) is 10.5. The molecule has 0 bridgehead atoms. The normalized spacial score (nSPS) is 18.8. The Morgan fingerprint density at radius 2 is 2.35 bits per heavy atom. The molecule has 1 amide bonds. The predicted octanol–water partition coefficient (Wildman–Crippen LogP) is 2.59. The van der Waals surface area contributed by atoms with E-state index in [0.29, 0.717) is 10.9 Å². The first-order valence-corrected chi connectivity index (χ1v) is 7.13. The van der Waals surface area contributed by atoms with Crippen LogP contribution in [0.3, 0.4) is 0 Å². The van der Waals surface area contributed by atoms with Crippen molar-refractivity contribution in [1.29, 1.82) is 0 Å². The van der Waals surface area contributed by atoms with Gasteiger partial charge in [-0.2, -0.15) is 0 Å². The maximum absolute atomic E-state index is 12.1. The van der Waals surface area contributed by atoms with Crippen LogP contribution in [0.4, 0.5) is 5.00 Å². The SMILES string of the molecule is CCCNC(=O)c1c(N)sc2c1CCC(C)C2. The fraction of sp³-hybridized carbons (Fsp3) is 0.615. The molecular formula is C13H20N2OS. The van der Waals surface area contributed by atoms with E-state index in [4.69, 9.17) is 5.73 Å². The lowest BCUT2D eigenvalue weighted by Gasteiger charge is -2.18. The Balaban J connectivity index is 2.25. The van der Waals surface area contributed by atoms with E-state index in [9.17, 15) is 4.79 Å². The summed E-state index contributed by atoms with van der Waals surface area (Å²) in [7, 11) is 0. The number of thiophene rings is 1. The molecule has 1 aromatic rings. The Labute approximate surface area is 106 Å². The van der Waals surface area contributed by atoms with Crippen molar-refractivity contribution >= 4 is 22.2 Å². The first kappa shape index (κ1) is 12.4. The maximum atomic E-state index is 12.1. The second kappa shape index (κ2) is 5.08. The number of nitrogens with two attached hydrogens (primary N) is 1. The van der Waals surface area contributed by atoms with Crippen molar-refractivity contribution in [2.45, 2.75) is 39.5 Å². The van der Waals surface area contributed by atoms with Crippen LogP contribution < -0.4 is 11.1 Å². The van der Waals surface area contributed by atoms with Crippen molar-refractivity contribution in [1.82, 2.24) is 5.32 Å². The van der Waals surface area contributed by atoms with Gasteiger partial charge >= 0.3 is 0 Å². The number of nitrogens with one attached hydrogen (secondary N) is 1. The highest BCUT2D eigenvalue weighted by Gasteiger charge is 2.26. The van der Waals surface area contributed by atoms with Gasteiger partial charge in [0.15, 0.2) is 0 Å². The molecule has 3 N–H and O–H groups in total. The van der Waals surface area contributed by atoms with Gasteiger partial charge < -0.3 is 11.1 Å². The fourth-order valence-electron chi connectivity index (χ4n) is 2.35. The van der Waals surface area contributed by atoms with Gasteiger partial charge in [0.1, 0.15) is 0 Å². The van der Waals surface area contributed by atoms with Gasteiger partial charge in [-0.15, -0.1) is 11.3 Å². The van der Waals surface area contributed by atoms with Crippen LogP contribution in [0, 0.1) is 5.92 Å². The smallest absolute Gasteiger partial charge is 0.254 e. The third-order valence-electron chi connectivity index (χ3n) is 3.30. The molecule has 4 heteroatoms. The summed E-state index contributed by atoms with van der Waals surface area (Å²) in [5.41, 5.74) is 7.96. The highest BCUT2D eigenvalue weighted by Crippen LogP contribution is 2.37. The largest absolute Gasteiger partial charge is 0.390 e. The molecule has 0 spiro atoms. The van der Waals surface area contributed by atoms with Gasteiger partial charge in [-0.05, 0) is 37.2 Å². The van der Waals surface area contributed by atoms with Crippen LogP contribution in [0.5, 0.6) is 0 Å². The van der Waals surface area contributed by atoms with Crippen molar-refractivity contribution < 1.29 is 4.79 Å². The third kappa shape index (κ3) is 2.46. The molecule has 1 unspecified atom stereocenters. The Morgan fingerprint density at radius 1 is 1.59 bits per heavy atom. The van der Waals surface area contributed by atoms with Gasteiger partial charge in [0, 0.05) is 11.4 Å². The third-order valence-corrected chi connectivity index (χ3v) is 4.39. The van der Waals surface area contributed by atoms with E-state index < -0.39 is 0 Å². The minimum absolute atomic E-state index is 0.0106. The van der Waals surface area contributed by atoms with Crippen molar-refractivity contribution in [3.8, 4) is 0 Å². The lowest BCUT2D eigenvalue weighted by molar-refractivity contribution is 0.0953. The average Bonchev–Trinajstić information content (AvgIpc) is 2.61. The first-order chi connectivity index (χ1) is 8.13. The lowest BCUT2D eigenvalue weighted by Crippen LogP contribution is -2.26. The number of rotatable bonds is 3. The molecule has 1 aliphatic carbocycles. The van der Waals surface area contributed by atoms with E-state index in [1.54, 1.807) is 11.3 Å². The first-order valence-electron chi connectivity index (χ1n) is 6.31. The summed E-state index contributed by atoms with van der Waals surface area (Å²) in [4.78, 5) is 13.4. The quantitative estimate of drug-likeness (QED) is 0.868. The number of anilines is 1. The van der Waals surface area contributed by atoms with E-state index in [0.717, 1.165) is 37.8 Å². The molecular weight excluding hydrogens is 232 g/mol. The van der Waals surface area contributed by atoms with Crippen molar-refractivity contribution in [2.24, 2.45) is 5.92 Å². The average molecular weight is 252 g/mol. The Kier molecular flexibility index (Phi) is 3.72. The predicted molar refractivity (Wildman–Crippen MR) is 72.5 cm³/mol. The highest BCUT2D eigenvalue weighted by molar-refractivity contribution is 7.16. The molecule has 0 aliphatic heterocycles. The van der Waals surface area contributed by atoms with Gasteiger partial charge in [0.05, 0.1) is 10.6 Å². The molecule has 94 valence electrons. The number of amides is 1. The summed E-state index contributed by atoms with van der Waals surface area (Å²) in [6, 6.07) is 0. The molecule has 1 atom stereocenters. The molecule has 1 heterocycles. The van der Waals surface area contributed by atoms with Gasteiger partial charge in [-0.3, -0.25) is 4.79 Å². The second-order valence-electron chi connectivity index (χ2n) is 4.85. The van der Waals surface area contributed by atoms with Crippen molar-refractivity contribution in [3.05, 3.63) is 16.0 Å². The summed E-state index contributed by atoms with van der Waals surface area (Å²) in [5.74, 6) is 0.725. The lowest BCUT2D eigenvalue weighted by atomic mass is 9.88. The summed E-state index contributed by atoms with van der Waals surface area (Å²) < 4.78 is 0. The van der Waals surface area contributed by atoms with Gasteiger partial charge in [-0.25, -0.2) is 0 Å². The minimum atomic E-state index is 0.0106. The van der Waals surface area contributed by atoms with E-state index in [2.05, 4.69) is 19.2 Å². The van der Waals surface area contributed by atoms with Crippen LogP contribution >= 0.6 is 11.3 Å². The molecule has 0 aromatic carbocycles. The summed E-state index contributed by atoms with van der Waals surface area (Å²) >= 11 is 1.60. The molecule has 0 fully saturated rings. The minimum Gasteiger partial charge on any atom is -0.390 e. The van der Waals surface area contributed by atoms with Crippen LogP contribution in [0.15, 0.2) is 0 Å². The zero-order valence-corrected chi connectivity index (χ0v) is 11.3. The number of carbonyl (C=O) groups excluding carboxylic acids is 1. The molecule has 0 saturated heterocycles. The Morgan fingerprint density at radius 3 is 3.06 bits per heavy atom.